The van der Waals surface area contributed by atoms with Gasteiger partial charge in [0.25, 0.3) is 0 Å². The minimum Gasteiger partial charge on any atom is -0.350 e. The van der Waals surface area contributed by atoms with E-state index in [2.05, 4.69) is 30.6 Å². The van der Waals surface area contributed by atoms with Crippen LogP contribution < -0.4 is 10.6 Å². The number of halogens is 1. The van der Waals surface area contributed by atoms with Gasteiger partial charge in [-0.15, -0.1) is 0 Å². The molecule has 12 heteroatoms. The summed E-state index contributed by atoms with van der Waals surface area (Å²) in [7, 11) is 0. The van der Waals surface area contributed by atoms with Gasteiger partial charge in [-0.3, -0.25) is 9.78 Å². The van der Waals surface area contributed by atoms with E-state index in [9.17, 15) is 9.18 Å². The predicted molar refractivity (Wildman–Crippen MR) is 138 cm³/mol. The SMILES string of the molecule is CC1(C(=O)NCC#N)COC(c2nc(-c3ccc(F)cc3)c(-c3ccnc(NCc4ccncc4)n3)[nH]2)OC1. The monoisotopic (exact) mass is 528 g/mol. The summed E-state index contributed by atoms with van der Waals surface area (Å²) in [6.45, 7) is 2.24. The Labute approximate surface area is 223 Å². The number of rotatable bonds is 8. The zero-order chi connectivity index (χ0) is 27.2. The summed E-state index contributed by atoms with van der Waals surface area (Å²) in [6, 6.07) is 13.4. The second-order valence-corrected chi connectivity index (χ2v) is 9.18. The molecule has 0 spiro atoms. The number of anilines is 1. The summed E-state index contributed by atoms with van der Waals surface area (Å²) < 4.78 is 25.4. The molecule has 0 bridgehead atoms. The van der Waals surface area contributed by atoms with Crippen molar-refractivity contribution in [2.24, 2.45) is 5.41 Å². The Kier molecular flexibility index (Phi) is 7.53. The third-order valence-corrected chi connectivity index (χ3v) is 6.16. The number of carbonyl (C=O) groups is 1. The first-order valence-corrected chi connectivity index (χ1v) is 12.2. The summed E-state index contributed by atoms with van der Waals surface area (Å²) in [4.78, 5) is 33.4. The van der Waals surface area contributed by atoms with Gasteiger partial charge in [-0.2, -0.15) is 5.26 Å². The van der Waals surface area contributed by atoms with E-state index < -0.39 is 11.7 Å². The Bertz CT molecular complexity index is 1480. The molecule has 5 rings (SSSR count). The van der Waals surface area contributed by atoms with Gasteiger partial charge in [0.1, 0.15) is 12.4 Å². The molecule has 1 aliphatic heterocycles. The highest BCUT2D eigenvalue weighted by Crippen LogP contribution is 2.35. The van der Waals surface area contributed by atoms with E-state index in [0.717, 1.165) is 5.56 Å². The number of H-pyrrole nitrogens is 1. The molecule has 4 heterocycles. The molecule has 1 aliphatic rings. The lowest BCUT2D eigenvalue weighted by Gasteiger charge is -2.35. The highest BCUT2D eigenvalue weighted by molar-refractivity contribution is 5.83. The van der Waals surface area contributed by atoms with Gasteiger partial charge in [-0.05, 0) is 55.0 Å². The lowest BCUT2D eigenvalue weighted by atomic mass is 9.91. The standard InChI is InChI=1S/C27H25FN8O3/c1-27(25(37)31-13-9-29)15-38-24(39-16-27)23-35-21(18-2-4-19(28)5-3-18)22(36-23)20-8-12-32-26(34-20)33-14-17-6-10-30-11-7-17/h2-8,10-12,24H,13-16H2,1H3,(H,31,37)(H,35,36)(H,32,33,34). The lowest BCUT2D eigenvalue weighted by molar-refractivity contribution is -0.230. The number of aromatic nitrogens is 5. The van der Waals surface area contributed by atoms with Crippen LogP contribution in [0.4, 0.5) is 10.3 Å². The van der Waals surface area contributed by atoms with Crippen molar-refractivity contribution in [3.05, 3.63) is 78.3 Å². The van der Waals surface area contributed by atoms with E-state index in [1.165, 1.54) is 12.1 Å². The summed E-state index contributed by atoms with van der Waals surface area (Å²) in [6.07, 6.45) is 4.18. The van der Waals surface area contributed by atoms with Gasteiger partial charge in [0.2, 0.25) is 18.1 Å². The molecule has 0 saturated carbocycles. The van der Waals surface area contributed by atoms with Crippen LogP contribution in [0.5, 0.6) is 0 Å². The molecular weight excluding hydrogens is 503 g/mol. The van der Waals surface area contributed by atoms with Crippen LogP contribution >= 0.6 is 0 Å². The third-order valence-electron chi connectivity index (χ3n) is 6.16. The molecule has 1 amide bonds. The first-order valence-electron chi connectivity index (χ1n) is 12.2. The molecule has 1 saturated heterocycles. The van der Waals surface area contributed by atoms with Crippen LogP contribution in [0.2, 0.25) is 0 Å². The summed E-state index contributed by atoms with van der Waals surface area (Å²) in [5, 5.41) is 14.5. The average Bonchev–Trinajstić information content (AvgIpc) is 3.42. The number of nitrogens with one attached hydrogen (secondary N) is 3. The molecule has 3 aromatic heterocycles. The molecule has 39 heavy (non-hydrogen) atoms. The first-order chi connectivity index (χ1) is 18.9. The van der Waals surface area contributed by atoms with Crippen molar-refractivity contribution < 1.29 is 18.7 Å². The number of pyridine rings is 1. The van der Waals surface area contributed by atoms with Crippen LogP contribution in [-0.4, -0.2) is 50.6 Å². The number of carbonyl (C=O) groups excluding carboxylic acids is 1. The third kappa shape index (κ3) is 5.90. The molecule has 1 fully saturated rings. The Morgan fingerprint density at radius 1 is 1.13 bits per heavy atom. The van der Waals surface area contributed by atoms with Crippen LogP contribution in [0.3, 0.4) is 0 Å². The van der Waals surface area contributed by atoms with Crippen molar-refractivity contribution in [1.82, 2.24) is 30.2 Å². The molecule has 3 N–H and O–H groups in total. The largest absolute Gasteiger partial charge is 0.350 e. The molecule has 0 aliphatic carbocycles. The number of imidazole rings is 1. The van der Waals surface area contributed by atoms with Gasteiger partial charge < -0.3 is 25.1 Å². The second-order valence-electron chi connectivity index (χ2n) is 9.18. The summed E-state index contributed by atoms with van der Waals surface area (Å²) in [5.41, 5.74) is 2.38. The van der Waals surface area contributed by atoms with E-state index in [0.29, 0.717) is 41.0 Å². The quantitative estimate of drug-likeness (QED) is 0.292. The van der Waals surface area contributed by atoms with Gasteiger partial charge in [0, 0.05) is 30.7 Å². The van der Waals surface area contributed by atoms with Crippen molar-refractivity contribution in [2.45, 2.75) is 19.8 Å². The molecule has 4 aromatic rings. The van der Waals surface area contributed by atoms with Gasteiger partial charge in [0.15, 0.2) is 5.82 Å². The Morgan fingerprint density at radius 2 is 1.87 bits per heavy atom. The Hall–Kier alpha value is -4.73. The minimum atomic E-state index is -0.954. The maximum absolute atomic E-state index is 13.7. The number of hydrogen-bond donors (Lipinski definition) is 3. The number of hydrogen-bond acceptors (Lipinski definition) is 9. The predicted octanol–water partition coefficient (Wildman–Crippen LogP) is 3.37. The molecule has 11 nitrogen and oxygen atoms in total. The highest BCUT2D eigenvalue weighted by atomic mass is 19.1. The Balaban J connectivity index is 1.41. The van der Waals surface area contributed by atoms with Gasteiger partial charge in [-0.1, -0.05) is 0 Å². The number of aromatic amines is 1. The van der Waals surface area contributed by atoms with Gasteiger partial charge in [0.05, 0.1) is 41.8 Å². The number of amides is 1. The maximum Gasteiger partial charge on any atom is 0.231 e. The average molecular weight is 529 g/mol. The van der Waals surface area contributed by atoms with Crippen molar-refractivity contribution in [3.63, 3.8) is 0 Å². The summed E-state index contributed by atoms with van der Waals surface area (Å²) in [5.74, 6) is 0.0829. The van der Waals surface area contributed by atoms with Crippen molar-refractivity contribution in [3.8, 4) is 28.7 Å². The molecule has 198 valence electrons. The van der Waals surface area contributed by atoms with E-state index in [1.54, 1.807) is 43.7 Å². The highest BCUT2D eigenvalue weighted by Gasteiger charge is 2.40. The minimum absolute atomic E-state index is 0.0629. The van der Waals surface area contributed by atoms with E-state index in [-0.39, 0.29) is 31.5 Å². The second kappa shape index (κ2) is 11.3. The molecule has 0 atom stereocenters. The smallest absolute Gasteiger partial charge is 0.231 e. The van der Waals surface area contributed by atoms with Crippen LogP contribution in [0.25, 0.3) is 22.6 Å². The fourth-order valence-corrected chi connectivity index (χ4v) is 4.00. The Morgan fingerprint density at radius 3 is 2.59 bits per heavy atom. The van der Waals surface area contributed by atoms with Crippen LogP contribution in [-0.2, 0) is 20.8 Å². The van der Waals surface area contributed by atoms with E-state index in [4.69, 9.17) is 19.7 Å². The van der Waals surface area contributed by atoms with E-state index >= 15 is 0 Å². The van der Waals surface area contributed by atoms with Crippen LogP contribution in [0.1, 0.15) is 24.6 Å². The molecular formula is C27H25FN8O3. The fraction of sp³-hybridized carbons (Fsp3) is 0.259. The van der Waals surface area contributed by atoms with Crippen LogP contribution in [0, 0.1) is 22.6 Å². The molecule has 0 unspecified atom stereocenters. The van der Waals surface area contributed by atoms with Gasteiger partial charge in [-0.25, -0.2) is 19.3 Å². The van der Waals surface area contributed by atoms with E-state index in [1.807, 2.05) is 18.2 Å². The first kappa shape index (κ1) is 25.9. The number of ether oxygens (including phenoxy) is 2. The van der Waals surface area contributed by atoms with Crippen molar-refractivity contribution in [1.29, 1.82) is 5.26 Å². The molecule has 1 aromatic carbocycles. The zero-order valence-corrected chi connectivity index (χ0v) is 21.0. The molecule has 0 radical (unpaired) electrons. The number of benzene rings is 1. The fourth-order valence-electron chi connectivity index (χ4n) is 4.00. The maximum atomic E-state index is 13.7. The van der Waals surface area contributed by atoms with Crippen molar-refractivity contribution in [2.75, 3.05) is 25.1 Å². The topological polar surface area (TPSA) is 151 Å². The number of nitriles is 1. The number of nitrogens with zero attached hydrogens (tertiary/aromatic N) is 5. The summed E-state index contributed by atoms with van der Waals surface area (Å²) >= 11 is 0. The lowest BCUT2D eigenvalue weighted by Crippen LogP contribution is -2.48. The zero-order valence-electron chi connectivity index (χ0n) is 21.0. The van der Waals surface area contributed by atoms with Gasteiger partial charge >= 0.3 is 0 Å². The van der Waals surface area contributed by atoms with Crippen LogP contribution in [0.15, 0.2) is 61.1 Å². The normalized spacial score (nSPS) is 18.7. The van der Waals surface area contributed by atoms with Crippen molar-refractivity contribution >= 4 is 11.9 Å².